The number of nitrogens with one attached hydrogen (secondary N) is 2. The smallest absolute Gasteiger partial charge is 0.242 e. The minimum atomic E-state index is -0.205. The summed E-state index contributed by atoms with van der Waals surface area (Å²) in [5.74, 6) is 1.06. The van der Waals surface area contributed by atoms with E-state index in [1.165, 1.54) is 5.56 Å². The van der Waals surface area contributed by atoms with Gasteiger partial charge in [0.1, 0.15) is 11.8 Å². The molecule has 2 N–H and O–H groups in total. The number of ether oxygens (including phenoxy) is 1. The molecular weight excluding hydrogens is 240 g/mol. The van der Waals surface area contributed by atoms with Gasteiger partial charge in [0.2, 0.25) is 5.91 Å². The van der Waals surface area contributed by atoms with Gasteiger partial charge in [0.25, 0.3) is 0 Å². The van der Waals surface area contributed by atoms with Crippen LogP contribution >= 0.6 is 0 Å². The Morgan fingerprint density at radius 3 is 3.05 bits per heavy atom. The molecular formula is C15H20N2O2. The monoisotopic (exact) mass is 260 g/mol. The molecule has 0 spiro atoms. The van der Waals surface area contributed by atoms with E-state index >= 15 is 0 Å². The van der Waals surface area contributed by atoms with Gasteiger partial charge < -0.3 is 15.4 Å². The van der Waals surface area contributed by atoms with Crippen molar-refractivity contribution in [3.05, 3.63) is 23.8 Å². The number of rotatable bonds is 4. The molecule has 1 aromatic carbocycles. The number of aryl methyl sites for hydroxylation is 1. The van der Waals surface area contributed by atoms with Crippen LogP contribution in [0.25, 0.3) is 0 Å². The fraction of sp³-hybridized carbons (Fsp3) is 0.533. The van der Waals surface area contributed by atoms with E-state index < -0.39 is 0 Å². The van der Waals surface area contributed by atoms with Crippen molar-refractivity contribution < 1.29 is 9.53 Å². The number of benzene rings is 1. The third kappa shape index (κ3) is 3.00. The summed E-state index contributed by atoms with van der Waals surface area (Å²) in [6.07, 6.45) is 4.35. The normalized spacial score (nSPS) is 19.0. The van der Waals surface area contributed by atoms with Crippen LogP contribution in [0.15, 0.2) is 18.2 Å². The number of carbonyl (C=O) groups is 1. The molecule has 0 saturated heterocycles. The van der Waals surface area contributed by atoms with E-state index in [-0.39, 0.29) is 11.9 Å². The minimum absolute atomic E-state index is 0.0801. The molecule has 4 nitrogen and oxygen atoms in total. The predicted molar refractivity (Wildman–Crippen MR) is 74.5 cm³/mol. The highest BCUT2D eigenvalue weighted by atomic mass is 16.5. The standard InChI is InChI=1S/C15H20N2O2/c1-10(15(18)17-12-4-5-12)16-13-6-7-14-11(9-13)3-2-8-19-14/h6-7,9-10,12,16H,2-5,8H2,1H3,(H,17,18). The van der Waals surface area contributed by atoms with Gasteiger partial charge in [-0.1, -0.05) is 0 Å². The zero-order valence-electron chi connectivity index (χ0n) is 11.2. The van der Waals surface area contributed by atoms with Crippen molar-refractivity contribution in [2.75, 3.05) is 11.9 Å². The SMILES string of the molecule is CC(Nc1ccc2c(c1)CCCO2)C(=O)NC1CC1. The molecule has 1 fully saturated rings. The molecule has 0 bridgehead atoms. The maximum absolute atomic E-state index is 11.9. The second-order valence-electron chi connectivity index (χ2n) is 5.42. The summed E-state index contributed by atoms with van der Waals surface area (Å²) in [5.41, 5.74) is 2.22. The highest BCUT2D eigenvalue weighted by Gasteiger charge is 2.25. The highest BCUT2D eigenvalue weighted by molar-refractivity contribution is 5.84. The minimum Gasteiger partial charge on any atom is -0.493 e. The lowest BCUT2D eigenvalue weighted by atomic mass is 10.1. The second-order valence-corrected chi connectivity index (χ2v) is 5.42. The summed E-state index contributed by atoms with van der Waals surface area (Å²) in [7, 11) is 0. The highest BCUT2D eigenvalue weighted by Crippen LogP contribution is 2.27. The molecule has 1 aromatic rings. The van der Waals surface area contributed by atoms with Gasteiger partial charge in [-0.3, -0.25) is 4.79 Å². The Hall–Kier alpha value is -1.71. The number of fused-ring (bicyclic) bond motifs is 1. The molecule has 1 unspecified atom stereocenters. The molecule has 3 rings (SSSR count). The van der Waals surface area contributed by atoms with Gasteiger partial charge in [0, 0.05) is 11.7 Å². The van der Waals surface area contributed by atoms with Gasteiger partial charge in [0.05, 0.1) is 6.61 Å². The van der Waals surface area contributed by atoms with Crippen LogP contribution in [0.2, 0.25) is 0 Å². The number of hydrogen-bond donors (Lipinski definition) is 2. The molecule has 102 valence electrons. The van der Waals surface area contributed by atoms with E-state index in [1.807, 2.05) is 19.1 Å². The molecule has 19 heavy (non-hydrogen) atoms. The maximum atomic E-state index is 11.9. The molecule has 0 radical (unpaired) electrons. The van der Waals surface area contributed by atoms with Crippen molar-refractivity contribution in [1.29, 1.82) is 0 Å². The third-order valence-corrected chi connectivity index (χ3v) is 3.61. The van der Waals surface area contributed by atoms with Crippen molar-refractivity contribution in [1.82, 2.24) is 5.32 Å². The summed E-state index contributed by atoms with van der Waals surface area (Å²) in [6, 6.07) is 6.26. The molecule has 0 aromatic heterocycles. The number of amides is 1. The zero-order valence-corrected chi connectivity index (χ0v) is 11.2. The Labute approximate surface area is 113 Å². The molecule has 4 heteroatoms. The summed E-state index contributed by atoms with van der Waals surface area (Å²) in [6.45, 7) is 2.70. The molecule has 1 atom stereocenters. The largest absolute Gasteiger partial charge is 0.493 e. The van der Waals surface area contributed by atoms with Gasteiger partial charge in [-0.05, 0) is 56.4 Å². The van der Waals surface area contributed by atoms with Crippen LogP contribution < -0.4 is 15.4 Å². The van der Waals surface area contributed by atoms with Crippen LogP contribution in [0.5, 0.6) is 5.75 Å². The predicted octanol–water partition coefficient (Wildman–Crippen LogP) is 2.09. The van der Waals surface area contributed by atoms with E-state index in [0.717, 1.165) is 43.7 Å². The van der Waals surface area contributed by atoms with E-state index in [9.17, 15) is 4.79 Å². The fourth-order valence-corrected chi connectivity index (χ4v) is 2.32. The average Bonchev–Trinajstić information content (AvgIpc) is 3.22. The van der Waals surface area contributed by atoms with Gasteiger partial charge in [-0.15, -0.1) is 0 Å². The average molecular weight is 260 g/mol. The molecule has 1 heterocycles. The van der Waals surface area contributed by atoms with Crippen molar-refractivity contribution in [2.24, 2.45) is 0 Å². The van der Waals surface area contributed by atoms with Crippen molar-refractivity contribution >= 4 is 11.6 Å². The van der Waals surface area contributed by atoms with Crippen LogP contribution in [-0.2, 0) is 11.2 Å². The van der Waals surface area contributed by atoms with Gasteiger partial charge in [-0.2, -0.15) is 0 Å². The third-order valence-electron chi connectivity index (χ3n) is 3.61. The van der Waals surface area contributed by atoms with Crippen LogP contribution in [0.4, 0.5) is 5.69 Å². The van der Waals surface area contributed by atoms with Crippen molar-refractivity contribution in [2.45, 2.75) is 44.7 Å². The molecule has 1 amide bonds. The van der Waals surface area contributed by atoms with Gasteiger partial charge in [-0.25, -0.2) is 0 Å². The van der Waals surface area contributed by atoms with E-state index in [4.69, 9.17) is 4.74 Å². The Balaban J connectivity index is 1.63. The first-order valence-electron chi connectivity index (χ1n) is 7.05. The summed E-state index contributed by atoms with van der Waals surface area (Å²) >= 11 is 0. The Kier molecular flexibility index (Phi) is 3.32. The quantitative estimate of drug-likeness (QED) is 0.871. The summed E-state index contributed by atoms with van der Waals surface area (Å²) < 4.78 is 5.58. The van der Waals surface area contributed by atoms with Crippen LogP contribution in [0, 0.1) is 0 Å². The van der Waals surface area contributed by atoms with Gasteiger partial charge >= 0.3 is 0 Å². The zero-order chi connectivity index (χ0) is 13.2. The molecule has 2 aliphatic rings. The van der Waals surface area contributed by atoms with E-state index in [2.05, 4.69) is 16.7 Å². The van der Waals surface area contributed by atoms with Crippen LogP contribution in [-0.4, -0.2) is 24.6 Å². The van der Waals surface area contributed by atoms with E-state index in [0.29, 0.717) is 6.04 Å². The first-order chi connectivity index (χ1) is 9.22. The maximum Gasteiger partial charge on any atom is 0.242 e. The Bertz CT molecular complexity index is 483. The first kappa shape index (κ1) is 12.3. The van der Waals surface area contributed by atoms with Crippen molar-refractivity contribution in [3.63, 3.8) is 0 Å². The summed E-state index contributed by atoms with van der Waals surface area (Å²) in [4.78, 5) is 11.9. The molecule has 1 saturated carbocycles. The Morgan fingerprint density at radius 1 is 1.42 bits per heavy atom. The lowest BCUT2D eigenvalue weighted by Gasteiger charge is -2.20. The van der Waals surface area contributed by atoms with Crippen molar-refractivity contribution in [3.8, 4) is 5.75 Å². The number of carbonyl (C=O) groups excluding carboxylic acids is 1. The van der Waals surface area contributed by atoms with E-state index in [1.54, 1.807) is 0 Å². The lowest BCUT2D eigenvalue weighted by molar-refractivity contribution is -0.121. The lowest BCUT2D eigenvalue weighted by Crippen LogP contribution is -2.38. The summed E-state index contributed by atoms with van der Waals surface area (Å²) in [5, 5.41) is 6.27. The van der Waals surface area contributed by atoms with Gasteiger partial charge in [0.15, 0.2) is 0 Å². The molecule has 1 aliphatic carbocycles. The number of hydrogen-bond acceptors (Lipinski definition) is 3. The fourth-order valence-electron chi connectivity index (χ4n) is 2.32. The Morgan fingerprint density at radius 2 is 2.26 bits per heavy atom. The van der Waals surface area contributed by atoms with Crippen LogP contribution in [0.1, 0.15) is 31.7 Å². The molecule has 1 aliphatic heterocycles. The second kappa shape index (κ2) is 5.11. The number of anilines is 1. The topological polar surface area (TPSA) is 50.4 Å². The first-order valence-corrected chi connectivity index (χ1v) is 7.05. The van der Waals surface area contributed by atoms with Crippen LogP contribution in [0.3, 0.4) is 0 Å².